The Morgan fingerprint density at radius 2 is 1.88 bits per heavy atom. The van der Waals surface area contributed by atoms with E-state index in [1.165, 1.54) is 0 Å². The van der Waals surface area contributed by atoms with E-state index in [0.717, 1.165) is 28.8 Å². The number of benzene rings is 2. The molecule has 0 aliphatic heterocycles. The van der Waals surface area contributed by atoms with Crippen LogP contribution in [0.25, 0.3) is 22.7 Å². The van der Waals surface area contributed by atoms with Crippen molar-refractivity contribution in [3.63, 3.8) is 0 Å². The van der Waals surface area contributed by atoms with Gasteiger partial charge in [0.25, 0.3) is 5.71 Å². The topological polar surface area (TPSA) is 110 Å². The first-order valence-corrected chi connectivity index (χ1v) is 10.8. The number of rotatable bonds is 8. The molecule has 0 unspecified atom stereocenters. The fraction of sp³-hybridized carbons (Fsp3) is 0.250. The Balaban J connectivity index is 1.72. The average molecular weight is 469 g/mol. The van der Waals surface area contributed by atoms with Crippen molar-refractivity contribution in [2.24, 2.45) is 0 Å². The van der Waals surface area contributed by atoms with Gasteiger partial charge < -0.3 is 19.0 Å². The monoisotopic (exact) mass is 468 g/mol. The van der Waals surface area contributed by atoms with Crippen molar-refractivity contribution in [3.8, 4) is 29.0 Å². The first kappa shape index (κ1) is 22.5. The number of carbonyl (C=O) groups is 1. The van der Waals surface area contributed by atoms with Gasteiger partial charge in [0.05, 0.1) is 5.69 Å². The SMILES string of the molecule is CCCc1nc(Oc2cccc(Cl)c2)nc2oc(-c3cc(C)c(OCC(=O)[OH2+])c(C)c3)nc12. The van der Waals surface area contributed by atoms with E-state index in [1.54, 1.807) is 24.3 Å². The first-order chi connectivity index (χ1) is 15.8. The zero-order chi connectivity index (χ0) is 23.5. The Labute approximate surface area is 195 Å². The van der Waals surface area contributed by atoms with Gasteiger partial charge in [-0.05, 0) is 61.7 Å². The summed E-state index contributed by atoms with van der Waals surface area (Å²) in [5, 5.41) is 7.59. The number of fused-ring (bicyclic) bond motifs is 1. The smallest absolute Gasteiger partial charge is 0.553 e. The number of aromatic nitrogens is 3. The van der Waals surface area contributed by atoms with Crippen LogP contribution in [0, 0.1) is 13.8 Å². The van der Waals surface area contributed by atoms with Crippen molar-refractivity contribution in [1.29, 1.82) is 0 Å². The third kappa shape index (κ3) is 5.06. The third-order valence-electron chi connectivity index (χ3n) is 4.86. The van der Waals surface area contributed by atoms with Gasteiger partial charge in [0.1, 0.15) is 11.5 Å². The minimum Gasteiger partial charge on any atom is -0.562 e. The summed E-state index contributed by atoms with van der Waals surface area (Å²) in [4.78, 5) is 24.6. The van der Waals surface area contributed by atoms with Gasteiger partial charge in [0, 0.05) is 15.4 Å². The highest BCUT2D eigenvalue weighted by Crippen LogP contribution is 2.33. The number of nitrogens with zero attached hydrogens (tertiary/aromatic N) is 3. The lowest BCUT2D eigenvalue weighted by atomic mass is 10.1. The molecule has 0 aliphatic carbocycles. The minimum absolute atomic E-state index is 0.159. The molecule has 0 atom stereocenters. The van der Waals surface area contributed by atoms with E-state index in [-0.39, 0.29) is 12.6 Å². The largest absolute Gasteiger partial charge is 0.562 e. The van der Waals surface area contributed by atoms with Crippen molar-refractivity contribution in [1.82, 2.24) is 15.0 Å². The van der Waals surface area contributed by atoms with Crippen LogP contribution in [-0.2, 0) is 11.2 Å². The van der Waals surface area contributed by atoms with Crippen molar-refractivity contribution >= 4 is 28.8 Å². The van der Waals surface area contributed by atoms with Crippen LogP contribution < -0.4 is 9.47 Å². The molecular formula is C24H23ClN3O5+. The summed E-state index contributed by atoms with van der Waals surface area (Å²) in [7, 11) is 0. The molecule has 8 nitrogen and oxygen atoms in total. The van der Waals surface area contributed by atoms with Gasteiger partial charge in [-0.2, -0.15) is 9.97 Å². The maximum absolute atomic E-state index is 11.0. The second kappa shape index (κ2) is 9.46. The average Bonchev–Trinajstić information content (AvgIpc) is 3.17. The molecule has 4 aromatic rings. The number of ether oxygens (including phenoxy) is 2. The molecule has 0 fully saturated rings. The zero-order valence-corrected chi connectivity index (χ0v) is 19.2. The van der Waals surface area contributed by atoms with Crippen LogP contribution in [0.4, 0.5) is 0 Å². The lowest BCUT2D eigenvalue weighted by Gasteiger charge is -2.10. The Morgan fingerprint density at radius 3 is 2.55 bits per heavy atom. The summed E-state index contributed by atoms with van der Waals surface area (Å²) in [6.07, 6.45) is 1.55. The van der Waals surface area contributed by atoms with E-state index in [4.69, 9.17) is 30.6 Å². The van der Waals surface area contributed by atoms with Gasteiger partial charge >= 0.3 is 12.0 Å². The Hall–Kier alpha value is -3.65. The molecule has 0 saturated carbocycles. The van der Waals surface area contributed by atoms with Crippen LogP contribution in [0.2, 0.25) is 5.02 Å². The van der Waals surface area contributed by atoms with Crippen molar-refractivity contribution in [3.05, 3.63) is 58.2 Å². The molecule has 2 heterocycles. The van der Waals surface area contributed by atoms with Gasteiger partial charge in [-0.25, -0.2) is 4.98 Å². The Morgan fingerprint density at radius 1 is 1.12 bits per heavy atom. The molecule has 2 aromatic carbocycles. The number of halogens is 1. The van der Waals surface area contributed by atoms with Crippen LogP contribution in [0.1, 0.15) is 30.2 Å². The second-order valence-corrected chi connectivity index (χ2v) is 8.02. The van der Waals surface area contributed by atoms with E-state index < -0.39 is 5.97 Å². The van der Waals surface area contributed by atoms with Crippen molar-refractivity contribution in [2.75, 3.05) is 6.61 Å². The third-order valence-corrected chi connectivity index (χ3v) is 5.09. The van der Waals surface area contributed by atoms with Gasteiger partial charge in [-0.15, -0.1) is 0 Å². The van der Waals surface area contributed by atoms with Crippen LogP contribution in [0.3, 0.4) is 0 Å². The molecule has 33 heavy (non-hydrogen) atoms. The summed E-state index contributed by atoms with van der Waals surface area (Å²) in [5.41, 5.74) is 4.00. The number of hydrogen-bond donors (Lipinski definition) is 0. The predicted molar refractivity (Wildman–Crippen MR) is 124 cm³/mol. The lowest BCUT2D eigenvalue weighted by molar-refractivity contribution is -0.139. The summed E-state index contributed by atoms with van der Waals surface area (Å²) in [5.74, 6) is 0.705. The summed E-state index contributed by atoms with van der Waals surface area (Å²) in [6.45, 7) is 5.49. The minimum atomic E-state index is -0.783. The molecular weight excluding hydrogens is 446 g/mol. The maximum Gasteiger partial charge on any atom is 0.553 e. The second-order valence-electron chi connectivity index (χ2n) is 7.59. The van der Waals surface area contributed by atoms with Crippen LogP contribution >= 0.6 is 11.6 Å². The highest BCUT2D eigenvalue weighted by molar-refractivity contribution is 6.30. The Kier molecular flexibility index (Phi) is 6.46. The summed E-state index contributed by atoms with van der Waals surface area (Å²) < 4.78 is 17.3. The van der Waals surface area contributed by atoms with E-state index >= 15 is 0 Å². The molecule has 0 radical (unpaired) electrons. The highest BCUT2D eigenvalue weighted by Gasteiger charge is 2.19. The predicted octanol–water partition coefficient (Wildman–Crippen LogP) is 4.93. The standard InChI is InChI=1S/C24H22ClN3O5/c1-4-6-18-20-23(28-24(26-18)32-17-8-5-7-16(25)11-17)33-22(27-20)15-9-13(2)21(14(3)10-15)31-12-19(29)30/h5,7-11H,4,6,12H2,1-3H3,(H,29,30)/p+1. The molecule has 170 valence electrons. The molecule has 2 N–H and O–H groups in total. The molecule has 4 rings (SSSR count). The van der Waals surface area contributed by atoms with E-state index in [9.17, 15) is 4.79 Å². The molecule has 0 amide bonds. The number of aryl methyl sites for hydroxylation is 3. The summed E-state index contributed by atoms with van der Waals surface area (Å²) in [6, 6.07) is 10.9. The van der Waals surface area contributed by atoms with Gasteiger partial charge in [0.15, 0.2) is 5.52 Å². The fourth-order valence-corrected chi connectivity index (χ4v) is 3.69. The number of hydrogen-bond acceptors (Lipinski definition) is 7. The quantitative estimate of drug-likeness (QED) is 0.337. The first-order valence-electron chi connectivity index (χ1n) is 10.4. The van der Waals surface area contributed by atoms with Crippen LogP contribution in [-0.4, -0.2) is 32.6 Å². The fourth-order valence-electron chi connectivity index (χ4n) is 3.51. The van der Waals surface area contributed by atoms with Crippen molar-refractivity contribution in [2.45, 2.75) is 33.6 Å². The normalized spacial score (nSPS) is 11.0. The lowest BCUT2D eigenvalue weighted by Crippen LogP contribution is -2.10. The van der Waals surface area contributed by atoms with E-state index in [1.807, 2.05) is 26.0 Å². The molecule has 0 spiro atoms. The highest BCUT2D eigenvalue weighted by atomic mass is 35.5. The maximum atomic E-state index is 11.0. The Bertz CT molecular complexity index is 1310. The van der Waals surface area contributed by atoms with Gasteiger partial charge in [-0.3, -0.25) is 0 Å². The molecule has 0 saturated heterocycles. The molecule has 9 heteroatoms. The van der Waals surface area contributed by atoms with Crippen molar-refractivity contribution < 1.29 is 23.8 Å². The van der Waals surface area contributed by atoms with E-state index in [2.05, 4.69) is 21.9 Å². The summed E-state index contributed by atoms with van der Waals surface area (Å²) >= 11 is 6.05. The molecule has 2 aromatic heterocycles. The number of oxazole rings is 1. The van der Waals surface area contributed by atoms with Gasteiger partial charge in [-0.1, -0.05) is 31.0 Å². The van der Waals surface area contributed by atoms with E-state index in [0.29, 0.717) is 40.1 Å². The molecule has 0 aliphatic rings. The number of carbonyl (C=O) groups excluding carboxylic acids is 1. The van der Waals surface area contributed by atoms with Crippen LogP contribution in [0.15, 0.2) is 40.8 Å². The zero-order valence-electron chi connectivity index (χ0n) is 18.4. The van der Waals surface area contributed by atoms with Gasteiger partial charge in [0.2, 0.25) is 12.5 Å². The van der Waals surface area contributed by atoms with Crippen LogP contribution in [0.5, 0.6) is 17.5 Å². The molecule has 0 bridgehead atoms.